The number of likely N-dealkylation sites (N-methyl/N-ethyl adjacent to an activating group) is 1. The van der Waals surface area contributed by atoms with Crippen molar-refractivity contribution in [2.45, 2.75) is 37.8 Å². The normalized spacial score (nSPS) is 25.4. The molecular weight excluding hydrogens is 268 g/mol. The lowest BCUT2D eigenvalue weighted by atomic mass is 9.92. The van der Waals surface area contributed by atoms with Crippen molar-refractivity contribution in [3.05, 3.63) is 22.8 Å². The molecule has 1 fully saturated rings. The molecule has 0 bridgehead atoms. The van der Waals surface area contributed by atoms with Crippen LogP contribution in [0.3, 0.4) is 0 Å². The highest BCUT2D eigenvalue weighted by atomic mass is 79.9. The molecule has 0 aliphatic heterocycles. The molecule has 0 saturated heterocycles. The molecule has 2 unspecified atom stereocenters. The summed E-state index contributed by atoms with van der Waals surface area (Å²) in [6.07, 6.45) is 6.82. The number of hydrogen-bond acceptors (Lipinski definition) is 3. The van der Waals surface area contributed by atoms with Crippen molar-refractivity contribution in [3.63, 3.8) is 0 Å². The average Bonchev–Trinajstić information content (AvgIpc) is 2.33. The summed E-state index contributed by atoms with van der Waals surface area (Å²) in [5.41, 5.74) is 0. The zero-order chi connectivity index (χ0) is 11.4. The standard InChI is InChI=1S/C12H17BrN2O/c1-14-10-6-2-3-7-11(10)16-12-9(13)5-4-8-15-12/h4-5,8,10-11,14H,2-3,6-7H2,1H3. The molecule has 1 N–H and O–H groups in total. The Morgan fingerprint density at radius 2 is 2.25 bits per heavy atom. The second-order valence-corrected chi connectivity index (χ2v) is 4.98. The van der Waals surface area contributed by atoms with E-state index in [1.807, 2.05) is 19.2 Å². The maximum absolute atomic E-state index is 5.97. The van der Waals surface area contributed by atoms with Crippen LogP contribution >= 0.6 is 15.9 Å². The fourth-order valence-electron chi connectivity index (χ4n) is 2.17. The molecule has 0 radical (unpaired) electrons. The Morgan fingerprint density at radius 3 is 3.00 bits per heavy atom. The lowest BCUT2D eigenvalue weighted by molar-refractivity contribution is 0.112. The van der Waals surface area contributed by atoms with E-state index in [4.69, 9.17) is 4.74 Å². The van der Waals surface area contributed by atoms with E-state index in [0.29, 0.717) is 11.9 Å². The van der Waals surface area contributed by atoms with Gasteiger partial charge in [-0.25, -0.2) is 4.98 Å². The van der Waals surface area contributed by atoms with Gasteiger partial charge in [0.05, 0.1) is 4.47 Å². The van der Waals surface area contributed by atoms with Gasteiger partial charge in [-0.1, -0.05) is 6.42 Å². The number of pyridine rings is 1. The third kappa shape index (κ3) is 2.74. The minimum absolute atomic E-state index is 0.241. The molecule has 0 amide bonds. The topological polar surface area (TPSA) is 34.1 Å². The first-order valence-corrected chi connectivity index (χ1v) is 6.55. The Kier molecular flexibility index (Phi) is 4.18. The maximum Gasteiger partial charge on any atom is 0.228 e. The van der Waals surface area contributed by atoms with Crippen LogP contribution in [-0.4, -0.2) is 24.2 Å². The van der Waals surface area contributed by atoms with Gasteiger partial charge in [0.15, 0.2) is 0 Å². The van der Waals surface area contributed by atoms with Crippen molar-refractivity contribution in [3.8, 4) is 5.88 Å². The van der Waals surface area contributed by atoms with E-state index in [1.54, 1.807) is 6.20 Å². The SMILES string of the molecule is CNC1CCCCC1Oc1ncccc1Br. The van der Waals surface area contributed by atoms with Gasteiger partial charge in [0.1, 0.15) is 6.10 Å². The van der Waals surface area contributed by atoms with E-state index in [9.17, 15) is 0 Å². The summed E-state index contributed by atoms with van der Waals surface area (Å²) in [6.45, 7) is 0. The molecule has 1 aromatic heterocycles. The Labute approximate surface area is 105 Å². The van der Waals surface area contributed by atoms with E-state index in [0.717, 1.165) is 10.9 Å². The van der Waals surface area contributed by atoms with Crippen LogP contribution < -0.4 is 10.1 Å². The Hall–Kier alpha value is -0.610. The average molecular weight is 285 g/mol. The van der Waals surface area contributed by atoms with E-state index in [-0.39, 0.29) is 6.10 Å². The Bertz CT molecular complexity index is 346. The van der Waals surface area contributed by atoms with Crippen molar-refractivity contribution in [2.24, 2.45) is 0 Å². The molecule has 1 aromatic rings. The van der Waals surface area contributed by atoms with Crippen LogP contribution in [0.5, 0.6) is 5.88 Å². The highest BCUT2D eigenvalue weighted by molar-refractivity contribution is 9.10. The molecular formula is C12H17BrN2O. The van der Waals surface area contributed by atoms with Crippen molar-refractivity contribution in [1.29, 1.82) is 0 Å². The lowest BCUT2D eigenvalue weighted by Gasteiger charge is -2.31. The second kappa shape index (κ2) is 5.64. The smallest absolute Gasteiger partial charge is 0.228 e. The van der Waals surface area contributed by atoms with Crippen molar-refractivity contribution in [1.82, 2.24) is 10.3 Å². The van der Waals surface area contributed by atoms with Crippen LogP contribution in [0.1, 0.15) is 25.7 Å². The van der Waals surface area contributed by atoms with Crippen LogP contribution in [0.2, 0.25) is 0 Å². The maximum atomic E-state index is 5.97. The van der Waals surface area contributed by atoms with Crippen LogP contribution in [0.15, 0.2) is 22.8 Å². The molecule has 88 valence electrons. The largest absolute Gasteiger partial charge is 0.472 e. The minimum Gasteiger partial charge on any atom is -0.472 e. The van der Waals surface area contributed by atoms with E-state index in [1.165, 1.54) is 19.3 Å². The van der Waals surface area contributed by atoms with E-state index < -0.39 is 0 Å². The predicted molar refractivity (Wildman–Crippen MR) is 67.7 cm³/mol. The molecule has 2 rings (SSSR count). The first-order valence-electron chi connectivity index (χ1n) is 5.75. The van der Waals surface area contributed by atoms with Gasteiger partial charge in [0, 0.05) is 12.2 Å². The van der Waals surface area contributed by atoms with Crippen LogP contribution in [0.4, 0.5) is 0 Å². The molecule has 1 aliphatic carbocycles. The van der Waals surface area contributed by atoms with Gasteiger partial charge < -0.3 is 10.1 Å². The predicted octanol–water partition coefficient (Wildman–Crippen LogP) is 2.75. The van der Waals surface area contributed by atoms with Gasteiger partial charge in [-0.3, -0.25) is 0 Å². The first-order chi connectivity index (χ1) is 7.81. The lowest BCUT2D eigenvalue weighted by Crippen LogP contribution is -2.43. The summed E-state index contributed by atoms with van der Waals surface area (Å²) in [7, 11) is 2.00. The number of nitrogens with one attached hydrogen (secondary N) is 1. The second-order valence-electron chi connectivity index (χ2n) is 4.13. The van der Waals surface area contributed by atoms with Crippen molar-refractivity contribution in [2.75, 3.05) is 7.05 Å². The zero-order valence-electron chi connectivity index (χ0n) is 9.45. The summed E-state index contributed by atoms with van der Waals surface area (Å²) in [5, 5.41) is 3.33. The van der Waals surface area contributed by atoms with E-state index >= 15 is 0 Å². The Morgan fingerprint density at radius 1 is 1.44 bits per heavy atom. The molecule has 16 heavy (non-hydrogen) atoms. The van der Waals surface area contributed by atoms with Gasteiger partial charge in [-0.2, -0.15) is 0 Å². The number of halogens is 1. The zero-order valence-corrected chi connectivity index (χ0v) is 11.0. The summed E-state index contributed by atoms with van der Waals surface area (Å²) in [6, 6.07) is 4.30. The van der Waals surface area contributed by atoms with Gasteiger partial charge >= 0.3 is 0 Å². The van der Waals surface area contributed by atoms with Gasteiger partial charge in [0.25, 0.3) is 0 Å². The molecule has 3 nitrogen and oxygen atoms in total. The summed E-state index contributed by atoms with van der Waals surface area (Å²) in [5.74, 6) is 0.703. The van der Waals surface area contributed by atoms with Crippen molar-refractivity contribution < 1.29 is 4.74 Å². The fourth-order valence-corrected chi connectivity index (χ4v) is 2.52. The van der Waals surface area contributed by atoms with E-state index in [2.05, 4.69) is 26.2 Å². The number of nitrogens with zero attached hydrogens (tertiary/aromatic N) is 1. The molecule has 0 spiro atoms. The molecule has 1 saturated carbocycles. The highest BCUT2D eigenvalue weighted by Gasteiger charge is 2.26. The Balaban J connectivity index is 2.05. The van der Waals surface area contributed by atoms with Crippen LogP contribution in [-0.2, 0) is 0 Å². The van der Waals surface area contributed by atoms with Gasteiger partial charge in [-0.05, 0) is 54.4 Å². The minimum atomic E-state index is 0.241. The fraction of sp³-hybridized carbons (Fsp3) is 0.583. The number of ether oxygens (including phenoxy) is 1. The van der Waals surface area contributed by atoms with Crippen molar-refractivity contribution >= 4 is 15.9 Å². The third-order valence-electron chi connectivity index (χ3n) is 3.06. The number of aromatic nitrogens is 1. The third-order valence-corrected chi connectivity index (χ3v) is 3.66. The summed E-state index contributed by atoms with van der Waals surface area (Å²) >= 11 is 3.46. The molecule has 0 aromatic carbocycles. The van der Waals surface area contributed by atoms with Crippen LogP contribution in [0, 0.1) is 0 Å². The van der Waals surface area contributed by atoms with Crippen LogP contribution in [0.25, 0.3) is 0 Å². The monoisotopic (exact) mass is 284 g/mol. The molecule has 2 atom stereocenters. The molecule has 1 aliphatic rings. The van der Waals surface area contributed by atoms with Gasteiger partial charge in [-0.15, -0.1) is 0 Å². The van der Waals surface area contributed by atoms with Gasteiger partial charge in [0.2, 0.25) is 5.88 Å². The number of rotatable bonds is 3. The number of hydrogen-bond donors (Lipinski definition) is 1. The quantitative estimate of drug-likeness (QED) is 0.927. The summed E-state index contributed by atoms with van der Waals surface area (Å²) < 4.78 is 6.90. The molecule has 4 heteroatoms. The highest BCUT2D eigenvalue weighted by Crippen LogP contribution is 2.27. The summed E-state index contributed by atoms with van der Waals surface area (Å²) in [4.78, 5) is 4.24. The first kappa shape index (κ1) is 11.9. The molecule has 1 heterocycles.